The van der Waals surface area contributed by atoms with E-state index in [0.717, 1.165) is 10.0 Å². The highest BCUT2D eigenvalue weighted by molar-refractivity contribution is 9.10. The van der Waals surface area contributed by atoms with Gasteiger partial charge in [0.15, 0.2) is 0 Å². The molecule has 0 bridgehead atoms. The third kappa shape index (κ3) is 5.97. The molecule has 0 spiro atoms. The maximum atomic E-state index is 12.7. The summed E-state index contributed by atoms with van der Waals surface area (Å²) < 4.78 is 12.4. The van der Waals surface area contributed by atoms with E-state index in [1.165, 1.54) is 0 Å². The van der Waals surface area contributed by atoms with E-state index in [9.17, 15) is 9.90 Å². The highest BCUT2D eigenvalue weighted by atomic mass is 79.9. The van der Waals surface area contributed by atoms with Crippen LogP contribution in [0.4, 0.5) is 4.79 Å². The van der Waals surface area contributed by atoms with Crippen LogP contribution in [0.2, 0.25) is 0 Å². The van der Waals surface area contributed by atoms with Crippen molar-refractivity contribution in [2.45, 2.75) is 64.4 Å². The molecule has 6 heteroatoms. The van der Waals surface area contributed by atoms with Crippen molar-refractivity contribution in [2.75, 3.05) is 13.2 Å². The van der Waals surface area contributed by atoms with Crippen molar-refractivity contribution >= 4 is 22.0 Å². The Balaban J connectivity index is 2.17. The summed E-state index contributed by atoms with van der Waals surface area (Å²) in [7, 11) is 0. The Labute approximate surface area is 158 Å². The average molecular weight is 414 g/mol. The molecule has 0 saturated carbocycles. The zero-order chi connectivity index (χ0) is 18.8. The molecule has 1 aliphatic heterocycles. The van der Waals surface area contributed by atoms with Gasteiger partial charge in [-0.05, 0) is 58.7 Å². The molecule has 2 rings (SSSR count). The molecule has 1 aromatic carbocycles. The topological polar surface area (TPSA) is 59.0 Å². The number of carbonyl (C=O) groups excluding carboxylic acids is 1. The fourth-order valence-corrected chi connectivity index (χ4v) is 3.00. The van der Waals surface area contributed by atoms with Crippen molar-refractivity contribution in [3.05, 3.63) is 34.3 Å². The maximum Gasteiger partial charge on any atom is 0.410 e. The summed E-state index contributed by atoms with van der Waals surface area (Å²) in [5.74, 6) is 0. The van der Waals surface area contributed by atoms with E-state index in [-0.39, 0.29) is 12.1 Å². The van der Waals surface area contributed by atoms with Gasteiger partial charge in [-0.1, -0.05) is 28.1 Å². The minimum absolute atomic E-state index is 0.130. The van der Waals surface area contributed by atoms with Crippen LogP contribution in [-0.2, 0) is 15.9 Å². The summed E-state index contributed by atoms with van der Waals surface area (Å²) in [6, 6.07) is 7.89. The number of hydrogen-bond acceptors (Lipinski definition) is 4. The van der Waals surface area contributed by atoms with E-state index in [0.29, 0.717) is 19.6 Å². The van der Waals surface area contributed by atoms with Crippen molar-refractivity contribution < 1.29 is 19.4 Å². The van der Waals surface area contributed by atoms with Crippen molar-refractivity contribution in [3.8, 4) is 0 Å². The molecule has 1 heterocycles. The van der Waals surface area contributed by atoms with Crippen LogP contribution >= 0.6 is 15.9 Å². The molecule has 1 aromatic rings. The second-order valence-electron chi connectivity index (χ2n) is 8.09. The van der Waals surface area contributed by atoms with Gasteiger partial charge in [-0.3, -0.25) is 4.90 Å². The lowest BCUT2D eigenvalue weighted by molar-refractivity contribution is -0.141. The number of aliphatic hydroxyl groups is 1. The van der Waals surface area contributed by atoms with Gasteiger partial charge in [0.05, 0.1) is 24.8 Å². The lowest BCUT2D eigenvalue weighted by Crippen LogP contribution is -2.59. The van der Waals surface area contributed by atoms with Gasteiger partial charge in [-0.25, -0.2) is 4.79 Å². The standard InChI is InChI=1S/C19H28BrNO4/c1-18(2,3)25-17(22)21-11-16(19(4,5)23)24-12-15(21)10-13-6-8-14(20)9-7-13/h6-9,15-16,23H,10-12H2,1-5H3/t15-,16+/m0/s1. The Kier molecular flexibility index (Phi) is 6.17. The van der Waals surface area contributed by atoms with Gasteiger partial charge in [0.25, 0.3) is 0 Å². The number of benzene rings is 1. The summed E-state index contributed by atoms with van der Waals surface area (Å²) in [6.45, 7) is 9.61. The smallest absolute Gasteiger partial charge is 0.410 e. The number of rotatable bonds is 3. The molecule has 140 valence electrons. The molecule has 0 unspecified atom stereocenters. The monoisotopic (exact) mass is 413 g/mol. The van der Waals surface area contributed by atoms with Crippen LogP contribution < -0.4 is 0 Å². The predicted octanol–water partition coefficient (Wildman–Crippen LogP) is 3.77. The molecule has 0 radical (unpaired) electrons. The molecule has 1 aliphatic rings. The highest BCUT2D eigenvalue weighted by Gasteiger charge is 2.40. The highest BCUT2D eigenvalue weighted by Crippen LogP contribution is 2.25. The van der Waals surface area contributed by atoms with Gasteiger partial charge in [0, 0.05) is 4.47 Å². The first-order chi connectivity index (χ1) is 11.5. The number of nitrogens with zero attached hydrogens (tertiary/aromatic N) is 1. The van der Waals surface area contributed by atoms with Crippen molar-refractivity contribution in [2.24, 2.45) is 0 Å². The zero-order valence-corrected chi connectivity index (χ0v) is 17.2. The van der Waals surface area contributed by atoms with Gasteiger partial charge in [0.1, 0.15) is 11.7 Å². The first-order valence-electron chi connectivity index (χ1n) is 8.54. The van der Waals surface area contributed by atoms with Gasteiger partial charge >= 0.3 is 6.09 Å². The molecule has 1 fully saturated rings. The van der Waals surface area contributed by atoms with Crippen LogP contribution in [0.1, 0.15) is 40.2 Å². The van der Waals surface area contributed by atoms with E-state index >= 15 is 0 Å². The minimum Gasteiger partial charge on any atom is -0.444 e. The number of carbonyl (C=O) groups is 1. The van der Waals surface area contributed by atoms with Crippen LogP contribution in [-0.4, -0.2) is 52.6 Å². The van der Waals surface area contributed by atoms with E-state index in [2.05, 4.69) is 15.9 Å². The second-order valence-corrected chi connectivity index (χ2v) is 9.01. The second kappa shape index (κ2) is 7.64. The van der Waals surface area contributed by atoms with Crippen LogP contribution in [0, 0.1) is 0 Å². The first kappa shape index (κ1) is 20.2. The Bertz CT molecular complexity index is 589. The third-order valence-corrected chi connectivity index (χ3v) is 4.62. The SMILES string of the molecule is CC(C)(C)OC(=O)N1C[C@H](C(C)(C)O)OC[C@@H]1Cc1ccc(Br)cc1. The summed E-state index contributed by atoms with van der Waals surface area (Å²) >= 11 is 3.43. The normalized spacial score (nSPS) is 22.0. The van der Waals surface area contributed by atoms with E-state index < -0.39 is 17.3 Å². The van der Waals surface area contributed by atoms with E-state index in [1.54, 1.807) is 18.7 Å². The van der Waals surface area contributed by atoms with Crippen molar-refractivity contribution in [3.63, 3.8) is 0 Å². The summed E-state index contributed by atoms with van der Waals surface area (Å²) in [5, 5.41) is 10.3. The minimum atomic E-state index is -1.02. The molecule has 5 nitrogen and oxygen atoms in total. The summed E-state index contributed by atoms with van der Waals surface area (Å²) in [4.78, 5) is 14.4. The lowest BCUT2D eigenvalue weighted by atomic mass is 9.97. The van der Waals surface area contributed by atoms with Crippen LogP contribution in [0.3, 0.4) is 0 Å². The van der Waals surface area contributed by atoms with E-state index in [1.807, 2.05) is 45.0 Å². The molecule has 2 atom stereocenters. The zero-order valence-electron chi connectivity index (χ0n) is 15.6. The fourth-order valence-electron chi connectivity index (χ4n) is 2.73. The fraction of sp³-hybridized carbons (Fsp3) is 0.632. The number of halogens is 1. The quantitative estimate of drug-likeness (QED) is 0.818. The molecule has 25 heavy (non-hydrogen) atoms. The predicted molar refractivity (Wildman–Crippen MR) is 101 cm³/mol. The molecule has 0 aliphatic carbocycles. The number of amides is 1. The van der Waals surface area contributed by atoms with E-state index in [4.69, 9.17) is 9.47 Å². The molecule has 1 saturated heterocycles. The molecular weight excluding hydrogens is 386 g/mol. The molecule has 1 N–H and O–H groups in total. The molecular formula is C19H28BrNO4. The molecule has 1 amide bonds. The Hall–Kier alpha value is -1.11. The summed E-state index contributed by atoms with van der Waals surface area (Å²) in [5.41, 5.74) is -0.475. The maximum absolute atomic E-state index is 12.7. The van der Waals surface area contributed by atoms with Crippen LogP contribution in [0.25, 0.3) is 0 Å². The molecule has 0 aromatic heterocycles. The Morgan fingerprint density at radius 3 is 2.40 bits per heavy atom. The van der Waals surface area contributed by atoms with Crippen LogP contribution in [0.15, 0.2) is 28.7 Å². The Morgan fingerprint density at radius 2 is 1.88 bits per heavy atom. The summed E-state index contributed by atoms with van der Waals surface area (Å²) in [6.07, 6.45) is -0.140. The van der Waals surface area contributed by atoms with Crippen molar-refractivity contribution in [1.82, 2.24) is 4.90 Å². The van der Waals surface area contributed by atoms with Gasteiger partial charge in [-0.15, -0.1) is 0 Å². The third-order valence-electron chi connectivity index (χ3n) is 4.09. The lowest BCUT2D eigenvalue weighted by Gasteiger charge is -2.43. The first-order valence-corrected chi connectivity index (χ1v) is 9.33. The van der Waals surface area contributed by atoms with Crippen molar-refractivity contribution in [1.29, 1.82) is 0 Å². The average Bonchev–Trinajstić information content (AvgIpc) is 2.47. The Morgan fingerprint density at radius 1 is 1.28 bits per heavy atom. The largest absolute Gasteiger partial charge is 0.444 e. The van der Waals surface area contributed by atoms with Crippen LogP contribution in [0.5, 0.6) is 0 Å². The van der Waals surface area contributed by atoms with Gasteiger partial charge < -0.3 is 14.6 Å². The van der Waals surface area contributed by atoms with Gasteiger partial charge in [0.2, 0.25) is 0 Å². The number of morpholine rings is 1. The number of ether oxygens (including phenoxy) is 2. The van der Waals surface area contributed by atoms with Gasteiger partial charge in [-0.2, -0.15) is 0 Å². The number of hydrogen-bond donors (Lipinski definition) is 1.